The maximum Gasteiger partial charge on any atom is 0.222 e. The van der Waals surface area contributed by atoms with Crippen molar-refractivity contribution in [2.75, 3.05) is 19.7 Å². The summed E-state index contributed by atoms with van der Waals surface area (Å²) in [6.45, 7) is 5.31. The third-order valence-corrected chi connectivity index (χ3v) is 4.05. The SMILES string of the molecule is CCC(=O)N1CCC(CCOCc2ccccc2)CC1. The zero-order valence-corrected chi connectivity index (χ0v) is 12.4. The van der Waals surface area contributed by atoms with Gasteiger partial charge in [-0.05, 0) is 30.7 Å². The smallest absolute Gasteiger partial charge is 0.222 e. The average Bonchev–Trinajstić information content (AvgIpc) is 2.52. The molecule has 1 aromatic rings. The fourth-order valence-electron chi connectivity index (χ4n) is 2.71. The van der Waals surface area contributed by atoms with E-state index in [4.69, 9.17) is 4.74 Å². The first-order chi connectivity index (χ1) is 9.79. The largest absolute Gasteiger partial charge is 0.377 e. The molecule has 0 atom stereocenters. The molecule has 2 rings (SSSR count). The van der Waals surface area contributed by atoms with Crippen molar-refractivity contribution in [1.29, 1.82) is 0 Å². The molecule has 0 aromatic heterocycles. The minimum absolute atomic E-state index is 0.295. The Morgan fingerprint density at radius 3 is 2.60 bits per heavy atom. The number of carbonyl (C=O) groups is 1. The quantitative estimate of drug-likeness (QED) is 0.746. The molecule has 1 aliphatic rings. The second-order valence-electron chi connectivity index (χ2n) is 5.50. The van der Waals surface area contributed by atoms with Crippen LogP contribution in [0.2, 0.25) is 0 Å². The number of hydrogen-bond acceptors (Lipinski definition) is 2. The van der Waals surface area contributed by atoms with Crippen LogP contribution in [0.1, 0.15) is 38.2 Å². The minimum Gasteiger partial charge on any atom is -0.377 e. The van der Waals surface area contributed by atoms with Crippen LogP contribution in [0.25, 0.3) is 0 Å². The Labute approximate surface area is 121 Å². The molecular formula is C17H25NO2. The van der Waals surface area contributed by atoms with Crippen LogP contribution in [0.4, 0.5) is 0 Å². The average molecular weight is 275 g/mol. The summed E-state index contributed by atoms with van der Waals surface area (Å²) in [6, 6.07) is 10.3. The van der Waals surface area contributed by atoms with E-state index in [0.717, 1.165) is 39.0 Å². The number of rotatable bonds is 6. The van der Waals surface area contributed by atoms with Gasteiger partial charge in [-0.25, -0.2) is 0 Å². The van der Waals surface area contributed by atoms with Gasteiger partial charge in [-0.2, -0.15) is 0 Å². The molecule has 0 spiro atoms. The van der Waals surface area contributed by atoms with Gasteiger partial charge in [0.2, 0.25) is 5.91 Å². The predicted molar refractivity (Wildman–Crippen MR) is 80.3 cm³/mol. The lowest BCUT2D eigenvalue weighted by atomic mass is 9.94. The highest BCUT2D eigenvalue weighted by molar-refractivity contribution is 5.75. The Bertz CT molecular complexity index is 397. The molecule has 0 saturated carbocycles. The maximum absolute atomic E-state index is 11.6. The number of amides is 1. The Kier molecular flexibility index (Phi) is 6.06. The van der Waals surface area contributed by atoms with E-state index >= 15 is 0 Å². The fraction of sp³-hybridized carbons (Fsp3) is 0.588. The van der Waals surface area contributed by atoms with Gasteiger partial charge in [0.1, 0.15) is 0 Å². The van der Waals surface area contributed by atoms with Crippen molar-refractivity contribution in [2.45, 2.75) is 39.2 Å². The zero-order chi connectivity index (χ0) is 14.2. The first kappa shape index (κ1) is 15.0. The Balaban J connectivity index is 1.58. The standard InChI is InChI=1S/C17H25NO2/c1-2-17(19)18-11-8-15(9-12-18)10-13-20-14-16-6-4-3-5-7-16/h3-7,15H,2,8-14H2,1H3. The third-order valence-electron chi connectivity index (χ3n) is 4.05. The number of likely N-dealkylation sites (tertiary alicyclic amines) is 1. The molecule has 1 fully saturated rings. The van der Waals surface area contributed by atoms with Crippen molar-refractivity contribution in [3.05, 3.63) is 35.9 Å². The number of nitrogens with zero attached hydrogens (tertiary/aromatic N) is 1. The van der Waals surface area contributed by atoms with E-state index in [9.17, 15) is 4.79 Å². The summed E-state index contributed by atoms with van der Waals surface area (Å²) in [5.74, 6) is 1.01. The van der Waals surface area contributed by atoms with E-state index in [0.29, 0.717) is 24.9 Å². The van der Waals surface area contributed by atoms with E-state index in [-0.39, 0.29) is 0 Å². The number of hydrogen-bond donors (Lipinski definition) is 0. The molecule has 0 radical (unpaired) electrons. The lowest BCUT2D eigenvalue weighted by Gasteiger charge is -2.31. The Morgan fingerprint density at radius 1 is 1.25 bits per heavy atom. The Morgan fingerprint density at radius 2 is 1.95 bits per heavy atom. The molecule has 1 heterocycles. The Hall–Kier alpha value is -1.35. The minimum atomic E-state index is 0.295. The van der Waals surface area contributed by atoms with Gasteiger partial charge in [0.05, 0.1) is 6.61 Å². The summed E-state index contributed by atoms with van der Waals surface area (Å²) < 4.78 is 5.74. The summed E-state index contributed by atoms with van der Waals surface area (Å²) >= 11 is 0. The first-order valence-corrected chi connectivity index (χ1v) is 7.69. The van der Waals surface area contributed by atoms with Gasteiger partial charge in [-0.1, -0.05) is 37.3 Å². The number of ether oxygens (including phenoxy) is 1. The molecule has 0 bridgehead atoms. The van der Waals surface area contributed by atoms with Gasteiger partial charge < -0.3 is 9.64 Å². The van der Waals surface area contributed by atoms with E-state index in [1.54, 1.807) is 0 Å². The normalized spacial score (nSPS) is 16.4. The van der Waals surface area contributed by atoms with Crippen LogP contribution in [0, 0.1) is 5.92 Å². The van der Waals surface area contributed by atoms with Gasteiger partial charge in [0, 0.05) is 26.1 Å². The van der Waals surface area contributed by atoms with E-state index < -0.39 is 0 Å². The van der Waals surface area contributed by atoms with Crippen LogP contribution in [-0.4, -0.2) is 30.5 Å². The highest BCUT2D eigenvalue weighted by Crippen LogP contribution is 2.21. The van der Waals surface area contributed by atoms with E-state index in [1.165, 1.54) is 5.56 Å². The first-order valence-electron chi connectivity index (χ1n) is 7.69. The topological polar surface area (TPSA) is 29.5 Å². The summed E-state index contributed by atoms with van der Waals surface area (Å²) in [6.07, 6.45) is 3.99. The fourth-order valence-corrected chi connectivity index (χ4v) is 2.71. The van der Waals surface area contributed by atoms with Crippen molar-refractivity contribution in [3.8, 4) is 0 Å². The zero-order valence-electron chi connectivity index (χ0n) is 12.4. The molecule has 1 amide bonds. The summed E-state index contributed by atoms with van der Waals surface area (Å²) in [7, 11) is 0. The highest BCUT2D eigenvalue weighted by Gasteiger charge is 2.21. The van der Waals surface area contributed by atoms with Crippen LogP contribution < -0.4 is 0 Å². The number of benzene rings is 1. The van der Waals surface area contributed by atoms with E-state index in [1.807, 2.05) is 30.0 Å². The van der Waals surface area contributed by atoms with Crippen molar-refractivity contribution in [3.63, 3.8) is 0 Å². The van der Waals surface area contributed by atoms with Gasteiger partial charge in [-0.15, -0.1) is 0 Å². The van der Waals surface area contributed by atoms with Crippen molar-refractivity contribution in [1.82, 2.24) is 4.90 Å². The van der Waals surface area contributed by atoms with Crippen LogP contribution >= 0.6 is 0 Å². The molecule has 0 aliphatic carbocycles. The van der Waals surface area contributed by atoms with Gasteiger partial charge in [-0.3, -0.25) is 4.79 Å². The molecular weight excluding hydrogens is 250 g/mol. The maximum atomic E-state index is 11.6. The summed E-state index contributed by atoms with van der Waals surface area (Å²) in [4.78, 5) is 13.6. The number of carbonyl (C=O) groups excluding carboxylic acids is 1. The van der Waals surface area contributed by atoms with Crippen LogP contribution in [0.5, 0.6) is 0 Å². The number of piperidine rings is 1. The lowest BCUT2D eigenvalue weighted by Crippen LogP contribution is -2.38. The second kappa shape index (κ2) is 8.05. The lowest BCUT2D eigenvalue weighted by molar-refractivity contribution is -0.132. The third kappa shape index (κ3) is 4.64. The predicted octanol–water partition coefficient (Wildman–Crippen LogP) is 3.24. The molecule has 1 aliphatic heterocycles. The molecule has 1 saturated heterocycles. The molecule has 110 valence electrons. The molecule has 20 heavy (non-hydrogen) atoms. The van der Waals surface area contributed by atoms with Crippen molar-refractivity contribution < 1.29 is 9.53 Å². The van der Waals surface area contributed by atoms with Gasteiger partial charge in [0.15, 0.2) is 0 Å². The second-order valence-corrected chi connectivity index (χ2v) is 5.50. The van der Waals surface area contributed by atoms with Crippen molar-refractivity contribution >= 4 is 5.91 Å². The molecule has 3 nitrogen and oxygen atoms in total. The summed E-state index contributed by atoms with van der Waals surface area (Å²) in [5, 5.41) is 0. The summed E-state index contributed by atoms with van der Waals surface area (Å²) in [5.41, 5.74) is 1.23. The monoisotopic (exact) mass is 275 g/mol. The molecule has 1 aromatic carbocycles. The molecule has 0 unspecified atom stereocenters. The van der Waals surface area contributed by atoms with Crippen LogP contribution in [0.3, 0.4) is 0 Å². The molecule has 0 N–H and O–H groups in total. The molecule has 3 heteroatoms. The van der Waals surface area contributed by atoms with Gasteiger partial charge >= 0.3 is 0 Å². The van der Waals surface area contributed by atoms with Crippen LogP contribution in [0.15, 0.2) is 30.3 Å². The van der Waals surface area contributed by atoms with Gasteiger partial charge in [0.25, 0.3) is 0 Å². The van der Waals surface area contributed by atoms with Crippen molar-refractivity contribution in [2.24, 2.45) is 5.92 Å². The van der Waals surface area contributed by atoms with Crippen LogP contribution in [-0.2, 0) is 16.1 Å². The van der Waals surface area contributed by atoms with E-state index in [2.05, 4.69) is 12.1 Å². The highest BCUT2D eigenvalue weighted by atomic mass is 16.5.